The Labute approximate surface area is 209 Å². The number of hydrogen-bond donors (Lipinski definition) is 0. The molecule has 4 saturated carbocycles. The monoisotopic (exact) mass is 459 g/mol. The topological polar surface area (TPSA) is 3.24 Å². The lowest BCUT2D eigenvalue weighted by Crippen LogP contribution is -2.42. The van der Waals surface area contributed by atoms with Crippen LogP contribution in [0.5, 0.6) is 0 Å². The number of nitrogens with zero attached hydrogens (tertiary/aromatic N) is 1. The number of hydrogen-bond acceptors (Lipinski definition) is 1. The minimum absolute atomic E-state index is 0.542. The maximum Gasteiger partial charge on any atom is 0.0361 e. The van der Waals surface area contributed by atoms with Crippen molar-refractivity contribution in [1.82, 2.24) is 0 Å². The van der Waals surface area contributed by atoms with E-state index in [-0.39, 0.29) is 0 Å². The molecule has 5 aliphatic rings. The number of fused-ring (bicyclic) bond motifs is 4. The van der Waals surface area contributed by atoms with Crippen LogP contribution in [-0.2, 0) is 0 Å². The second-order valence-electron chi connectivity index (χ2n) is 13.5. The second kappa shape index (κ2) is 9.01. The van der Waals surface area contributed by atoms with Crippen molar-refractivity contribution in [2.45, 2.75) is 103 Å². The number of rotatable bonds is 5. The maximum atomic E-state index is 2.74. The molecule has 34 heavy (non-hydrogen) atoms. The fourth-order valence-corrected chi connectivity index (χ4v) is 9.71. The first-order chi connectivity index (χ1) is 16.5. The highest BCUT2D eigenvalue weighted by Crippen LogP contribution is 2.66. The zero-order valence-corrected chi connectivity index (χ0v) is 22.5. The molecule has 4 fully saturated rings. The molecule has 1 nitrogen and oxygen atoms in total. The van der Waals surface area contributed by atoms with E-state index in [1.807, 2.05) is 11.1 Å². The molecule has 0 saturated heterocycles. The lowest BCUT2D eigenvalue weighted by atomic mass is 9.53. The van der Waals surface area contributed by atoms with E-state index < -0.39 is 0 Å². The van der Waals surface area contributed by atoms with Gasteiger partial charge in [0.15, 0.2) is 0 Å². The van der Waals surface area contributed by atoms with Crippen LogP contribution in [0, 0.1) is 40.9 Å². The summed E-state index contributed by atoms with van der Waals surface area (Å²) in [6.07, 6.45) is 19.2. The molecule has 2 unspecified atom stereocenters. The Hall–Kier alpha value is -1.24. The van der Waals surface area contributed by atoms with Crippen LogP contribution in [0.25, 0.3) is 0 Å². The van der Waals surface area contributed by atoms with Gasteiger partial charge in [-0.1, -0.05) is 56.4 Å². The first kappa shape index (κ1) is 23.2. The third-order valence-electron chi connectivity index (χ3n) is 11.6. The Balaban J connectivity index is 1.42. The number of allylic oxidation sites excluding steroid dienone is 2. The standard InChI is InChI=1S/C33H49N/c1-5-7-26-15-19-31-29-9-6-8-25-20-24(22-10-11-22)14-18-28(25)32(29)30(21-33(26,31)2)23-12-16-27(17-13-23)34(3)4/h12-13,16-17,22,24-26,29-31H,5-11,14-15,18-21H2,1-4H3/t24?,25?,26-,29+,30+,31-,33+/m0/s1. The summed E-state index contributed by atoms with van der Waals surface area (Å²) in [6.45, 7) is 5.15. The van der Waals surface area contributed by atoms with Gasteiger partial charge in [0.1, 0.15) is 0 Å². The van der Waals surface area contributed by atoms with Gasteiger partial charge >= 0.3 is 0 Å². The highest BCUT2D eigenvalue weighted by atomic mass is 15.1. The minimum Gasteiger partial charge on any atom is -0.378 e. The highest BCUT2D eigenvalue weighted by Gasteiger charge is 2.56. The van der Waals surface area contributed by atoms with Crippen molar-refractivity contribution in [2.24, 2.45) is 40.9 Å². The molecular formula is C33H49N. The summed E-state index contributed by atoms with van der Waals surface area (Å²) in [7, 11) is 4.34. The zero-order chi connectivity index (χ0) is 23.4. The molecule has 0 bridgehead atoms. The van der Waals surface area contributed by atoms with Crippen molar-refractivity contribution in [3.63, 3.8) is 0 Å². The average molecular weight is 460 g/mol. The van der Waals surface area contributed by atoms with Crippen LogP contribution >= 0.6 is 0 Å². The third kappa shape index (κ3) is 3.88. The van der Waals surface area contributed by atoms with E-state index in [0.29, 0.717) is 11.3 Å². The lowest BCUT2D eigenvalue weighted by Gasteiger charge is -2.51. The Kier molecular flexibility index (Phi) is 6.14. The molecule has 0 spiro atoms. The van der Waals surface area contributed by atoms with E-state index in [2.05, 4.69) is 57.1 Å². The Morgan fingerprint density at radius 3 is 2.41 bits per heavy atom. The Morgan fingerprint density at radius 1 is 0.912 bits per heavy atom. The zero-order valence-electron chi connectivity index (χ0n) is 22.5. The van der Waals surface area contributed by atoms with Gasteiger partial charge in [0.05, 0.1) is 0 Å². The normalized spacial score (nSPS) is 39.8. The first-order valence-corrected chi connectivity index (χ1v) is 15.0. The van der Waals surface area contributed by atoms with Gasteiger partial charge in [0.2, 0.25) is 0 Å². The van der Waals surface area contributed by atoms with E-state index in [1.165, 1.54) is 89.2 Å². The smallest absolute Gasteiger partial charge is 0.0361 e. The largest absolute Gasteiger partial charge is 0.378 e. The Morgan fingerprint density at radius 2 is 1.71 bits per heavy atom. The molecule has 7 atom stereocenters. The molecule has 1 aromatic rings. The number of anilines is 1. The highest BCUT2D eigenvalue weighted by molar-refractivity contribution is 5.49. The van der Waals surface area contributed by atoms with E-state index in [4.69, 9.17) is 0 Å². The van der Waals surface area contributed by atoms with Crippen LogP contribution in [0.3, 0.4) is 0 Å². The molecule has 6 rings (SSSR count). The summed E-state index contributed by atoms with van der Waals surface area (Å²) < 4.78 is 0. The fraction of sp³-hybridized carbons (Fsp3) is 0.758. The third-order valence-corrected chi connectivity index (χ3v) is 11.6. The minimum atomic E-state index is 0.542. The molecule has 186 valence electrons. The van der Waals surface area contributed by atoms with Crippen molar-refractivity contribution in [3.8, 4) is 0 Å². The van der Waals surface area contributed by atoms with E-state index in [0.717, 1.165) is 35.5 Å². The van der Waals surface area contributed by atoms with Crippen molar-refractivity contribution in [3.05, 3.63) is 41.0 Å². The van der Waals surface area contributed by atoms with Crippen LogP contribution in [-0.4, -0.2) is 14.1 Å². The van der Waals surface area contributed by atoms with Gasteiger partial charge in [-0.25, -0.2) is 0 Å². The summed E-state index contributed by atoms with van der Waals surface area (Å²) >= 11 is 0. The van der Waals surface area contributed by atoms with E-state index >= 15 is 0 Å². The van der Waals surface area contributed by atoms with Crippen molar-refractivity contribution < 1.29 is 0 Å². The molecule has 0 amide bonds. The molecule has 0 N–H and O–H groups in total. The van der Waals surface area contributed by atoms with Gasteiger partial charge in [-0.2, -0.15) is 0 Å². The average Bonchev–Trinajstić information content (AvgIpc) is 3.65. The van der Waals surface area contributed by atoms with E-state index in [9.17, 15) is 0 Å². The first-order valence-electron chi connectivity index (χ1n) is 15.0. The van der Waals surface area contributed by atoms with Crippen molar-refractivity contribution in [1.29, 1.82) is 0 Å². The SMILES string of the molecule is CCC[C@H]1CC[C@H]2[C@H]3CCCC4CC(C5CC5)CCC4=C3[C@@H](c3ccc(N(C)C)cc3)C[C@]12C. The van der Waals surface area contributed by atoms with Crippen LogP contribution in [0.1, 0.15) is 109 Å². The van der Waals surface area contributed by atoms with Crippen molar-refractivity contribution >= 4 is 5.69 Å². The summed E-state index contributed by atoms with van der Waals surface area (Å²) in [5.74, 6) is 6.51. The summed E-state index contributed by atoms with van der Waals surface area (Å²) in [4.78, 5) is 2.25. The molecule has 0 heterocycles. The fourth-order valence-electron chi connectivity index (χ4n) is 9.71. The maximum absolute atomic E-state index is 2.74. The van der Waals surface area contributed by atoms with Gasteiger partial charge in [-0.3, -0.25) is 0 Å². The predicted molar refractivity (Wildman–Crippen MR) is 145 cm³/mol. The van der Waals surface area contributed by atoms with Crippen LogP contribution in [0.15, 0.2) is 35.4 Å². The van der Waals surface area contributed by atoms with Gasteiger partial charge in [-0.15, -0.1) is 0 Å². The van der Waals surface area contributed by atoms with Crippen LogP contribution < -0.4 is 4.90 Å². The molecule has 0 aliphatic heterocycles. The molecule has 0 aromatic heterocycles. The summed E-state index contributed by atoms with van der Waals surface area (Å²) in [6, 6.07) is 9.79. The molecule has 1 heteroatoms. The van der Waals surface area contributed by atoms with Crippen LogP contribution in [0.2, 0.25) is 0 Å². The van der Waals surface area contributed by atoms with Crippen molar-refractivity contribution in [2.75, 3.05) is 19.0 Å². The molecule has 5 aliphatic carbocycles. The molecule has 0 radical (unpaired) electrons. The lowest BCUT2D eigenvalue weighted by molar-refractivity contribution is 0.0629. The quantitative estimate of drug-likeness (QED) is 0.397. The second-order valence-corrected chi connectivity index (χ2v) is 13.5. The summed E-state index contributed by atoms with van der Waals surface area (Å²) in [5.41, 5.74) is 7.49. The van der Waals surface area contributed by atoms with Gasteiger partial charge in [0, 0.05) is 25.7 Å². The van der Waals surface area contributed by atoms with Crippen LogP contribution in [0.4, 0.5) is 5.69 Å². The predicted octanol–water partition coefficient (Wildman–Crippen LogP) is 9.00. The number of benzene rings is 1. The van der Waals surface area contributed by atoms with Gasteiger partial charge < -0.3 is 4.90 Å². The molecule has 1 aromatic carbocycles. The van der Waals surface area contributed by atoms with Gasteiger partial charge in [-0.05, 0) is 123 Å². The van der Waals surface area contributed by atoms with E-state index in [1.54, 1.807) is 5.56 Å². The molecular weight excluding hydrogens is 410 g/mol. The summed E-state index contributed by atoms with van der Waals surface area (Å²) in [5, 5.41) is 0. The Bertz CT molecular complexity index is 905. The van der Waals surface area contributed by atoms with Gasteiger partial charge in [0.25, 0.3) is 0 Å².